The standard InChI is InChI=1S/C45H55N13O6S2/c1-7-30-39(66-27(5)48-30)43(63)52-45-49-31-22-28(40(46)60)24-34(64-20-12-13-54-16-18-55(19-17-54)36(59)8-2)37(31)56(45)14-10-11-15-57-38-32(23-29(41(47)61)25-35(38)65-6)50-44(57)51-42(62)33-21-26(4)53-58(33)9-3/h10-11,21-25H,7-9,12-20H2,1-6H3,(H2,46,60)(H2,47,61)(H,49,52,63)(H,50,51,62)/b11-10+. The largest absolute Gasteiger partial charge is 0.491 e. The van der Waals surface area contributed by atoms with Gasteiger partial charge in [0.25, 0.3) is 11.8 Å². The number of primary amides is 2. The molecule has 2 aromatic carbocycles. The van der Waals surface area contributed by atoms with Crippen LogP contribution < -0.4 is 26.8 Å². The summed E-state index contributed by atoms with van der Waals surface area (Å²) in [6, 6.07) is 8.19. The van der Waals surface area contributed by atoms with Crippen LogP contribution >= 0.6 is 23.1 Å². The molecule has 348 valence electrons. The molecular formula is C45H55N13O6S2. The first kappa shape index (κ1) is 47.4. The Bertz CT molecular complexity index is 2850. The fraction of sp³-hybridized carbons (Fsp3) is 0.400. The highest BCUT2D eigenvalue weighted by Gasteiger charge is 2.25. The van der Waals surface area contributed by atoms with Gasteiger partial charge in [0, 0.05) is 74.8 Å². The van der Waals surface area contributed by atoms with Gasteiger partial charge in [0.2, 0.25) is 29.6 Å². The van der Waals surface area contributed by atoms with Gasteiger partial charge in [-0.1, -0.05) is 26.0 Å². The summed E-state index contributed by atoms with van der Waals surface area (Å²) in [5, 5.41) is 11.2. The molecule has 0 saturated carbocycles. The van der Waals surface area contributed by atoms with E-state index in [-0.39, 0.29) is 47.9 Å². The van der Waals surface area contributed by atoms with Crippen molar-refractivity contribution in [2.75, 3.05) is 56.2 Å². The smallest absolute Gasteiger partial charge is 0.276 e. The van der Waals surface area contributed by atoms with Gasteiger partial charge in [-0.3, -0.25) is 44.2 Å². The molecule has 0 bridgehead atoms. The maximum absolute atomic E-state index is 13.9. The maximum Gasteiger partial charge on any atom is 0.276 e. The quantitative estimate of drug-likeness (QED) is 0.0463. The third-order valence-corrected chi connectivity index (χ3v) is 13.0. The molecule has 0 atom stereocenters. The van der Waals surface area contributed by atoms with E-state index in [0.29, 0.717) is 95.3 Å². The van der Waals surface area contributed by atoms with Gasteiger partial charge in [0.1, 0.15) is 21.8 Å². The fourth-order valence-corrected chi connectivity index (χ4v) is 9.57. The Morgan fingerprint density at radius 2 is 1.44 bits per heavy atom. The number of fused-ring (bicyclic) bond motifs is 2. The molecule has 5 amide bonds. The molecule has 21 heteroatoms. The van der Waals surface area contributed by atoms with Crippen LogP contribution in [0.2, 0.25) is 0 Å². The lowest BCUT2D eigenvalue weighted by Crippen LogP contribution is -2.48. The minimum absolute atomic E-state index is 0.159. The van der Waals surface area contributed by atoms with Crippen molar-refractivity contribution in [3.63, 3.8) is 0 Å². The second-order valence-electron chi connectivity index (χ2n) is 15.7. The number of carbonyl (C=O) groups excluding carboxylic acids is 5. The number of benzene rings is 2. The van der Waals surface area contributed by atoms with Crippen molar-refractivity contribution in [2.45, 2.75) is 78.4 Å². The Labute approximate surface area is 389 Å². The number of nitrogens with one attached hydrogen (secondary N) is 2. The predicted octanol–water partition coefficient (Wildman–Crippen LogP) is 5.24. The van der Waals surface area contributed by atoms with Crippen LogP contribution in [-0.4, -0.2) is 119 Å². The molecule has 1 fully saturated rings. The summed E-state index contributed by atoms with van der Waals surface area (Å²) in [6.45, 7) is 14.3. The number of hydrogen-bond donors (Lipinski definition) is 4. The number of nitrogens with two attached hydrogens (primary N) is 2. The lowest BCUT2D eigenvalue weighted by molar-refractivity contribution is -0.132. The summed E-state index contributed by atoms with van der Waals surface area (Å²) < 4.78 is 11.7. The summed E-state index contributed by atoms with van der Waals surface area (Å²) in [5.41, 5.74) is 15.8. The van der Waals surface area contributed by atoms with Gasteiger partial charge in [0.15, 0.2) is 0 Å². The number of thiazole rings is 1. The SMILES string of the molecule is CCC(=O)N1CCN(CCCOc2cc(C(N)=O)cc3nc(NC(=O)c4sc(C)nc4CC)n(C/C=C/Cn4c(NC(=O)c5cc(C)nn5CC)nc5cc(C(N)=O)cc(SC)c54)c23)CC1. The van der Waals surface area contributed by atoms with Crippen LogP contribution in [0.5, 0.6) is 5.75 Å². The van der Waals surface area contributed by atoms with Crippen molar-refractivity contribution in [3.05, 3.63) is 80.6 Å². The second-order valence-corrected chi connectivity index (χ2v) is 17.8. The molecule has 0 spiro atoms. The lowest BCUT2D eigenvalue weighted by Gasteiger charge is -2.34. The molecule has 1 aliphatic heterocycles. The number of allylic oxidation sites excluding steroid dienone is 2. The first-order valence-corrected chi connectivity index (χ1v) is 23.9. The number of amides is 5. The number of piperazine rings is 1. The molecule has 0 unspecified atom stereocenters. The van der Waals surface area contributed by atoms with Crippen molar-refractivity contribution in [1.82, 2.24) is 43.7 Å². The first-order valence-electron chi connectivity index (χ1n) is 21.9. The van der Waals surface area contributed by atoms with Crippen molar-refractivity contribution < 1.29 is 28.7 Å². The van der Waals surface area contributed by atoms with Crippen LogP contribution in [0.25, 0.3) is 22.1 Å². The minimum Gasteiger partial charge on any atom is -0.491 e. The number of carbonyl (C=O) groups is 5. The van der Waals surface area contributed by atoms with Crippen LogP contribution in [-0.2, 0) is 30.8 Å². The third-order valence-electron chi connectivity index (χ3n) is 11.3. The average Bonchev–Trinajstić information content (AvgIpc) is 4.07. The van der Waals surface area contributed by atoms with E-state index in [9.17, 15) is 24.0 Å². The van der Waals surface area contributed by atoms with Crippen molar-refractivity contribution >= 4 is 86.6 Å². The van der Waals surface area contributed by atoms with Gasteiger partial charge in [-0.25, -0.2) is 15.0 Å². The van der Waals surface area contributed by atoms with Crippen molar-refractivity contribution in [2.24, 2.45) is 11.5 Å². The Morgan fingerprint density at radius 1 is 0.818 bits per heavy atom. The summed E-state index contributed by atoms with van der Waals surface area (Å²) >= 11 is 2.71. The summed E-state index contributed by atoms with van der Waals surface area (Å²) in [6.07, 6.45) is 7.39. The highest BCUT2D eigenvalue weighted by Crippen LogP contribution is 2.34. The molecule has 6 N–H and O–H groups in total. The zero-order valence-electron chi connectivity index (χ0n) is 38.0. The molecule has 5 heterocycles. The van der Waals surface area contributed by atoms with E-state index in [1.54, 1.807) is 35.0 Å². The zero-order chi connectivity index (χ0) is 47.2. The molecule has 6 aromatic rings. The number of nitrogens with zero attached hydrogens (tertiary/aromatic N) is 9. The van der Waals surface area contributed by atoms with E-state index in [1.807, 2.05) is 67.1 Å². The molecular weight excluding hydrogens is 883 g/mol. The molecule has 0 radical (unpaired) electrons. The Balaban J connectivity index is 1.22. The zero-order valence-corrected chi connectivity index (χ0v) is 39.6. The minimum atomic E-state index is -0.661. The number of aromatic nitrogens is 7. The van der Waals surface area contributed by atoms with Crippen LogP contribution in [0.4, 0.5) is 11.9 Å². The molecule has 66 heavy (non-hydrogen) atoms. The van der Waals surface area contributed by atoms with Crippen LogP contribution in [0, 0.1) is 13.8 Å². The van der Waals surface area contributed by atoms with Gasteiger partial charge >= 0.3 is 0 Å². The van der Waals surface area contributed by atoms with Crippen molar-refractivity contribution in [3.8, 4) is 5.75 Å². The number of rotatable bonds is 19. The van der Waals surface area contributed by atoms with E-state index in [0.717, 1.165) is 29.5 Å². The highest BCUT2D eigenvalue weighted by molar-refractivity contribution is 7.98. The predicted molar refractivity (Wildman–Crippen MR) is 256 cm³/mol. The van der Waals surface area contributed by atoms with Gasteiger partial charge in [-0.15, -0.1) is 23.1 Å². The average molecular weight is 938 g/mol. The molecule has 1 aliphatic rings. The van der Waals surface area contributed by atoms with Crippen LogP contribution in [0.3, 0.4) is 0 Å². The Morgan fingerprint density at radius 3 is 2.05 bits per heavy atom. The molecule has 7 rings (SSSR count). The van der Waals surface area contributed by atoms with Gasteiger partial charge < -0.3 is 30.2 Å². The number of hydrogen-bond acceptors (Lipinski definition) is 13. The third kappa shape index (κ3) is 10.3. The van der Waals surface area contributed by atoms with E-state index >= 15 is 0 Å². The van der Waals surface area contributed by atoms with Gasteiger partial charge in [-0.05, 0) is 70.2 Å². The fourth-order valence-electron chi connectivity index (χ4n) is 8.01. The van der Waals surface area contributed by atoms with E-state index in [2.05, 4.69) is 25.6 Å². The Kier molecular flexibility index (Phi) is 14.9. The van der Waals surface area contributed by atoms with Crippen LogP contribution in [0.15, 0.2) is 47.4 Å². The molecule has 0 aliphatic carbocycles. The number of imidazole rings is 2. The van der Waals surface area contributed by atoms with E-state index < -0.39 is 17.7 Å². The van der Waals surface area contributed by atoms with Gasteiger partial charge in [0.05, 0.1) is 39.6 Å². The topological polar surface area (TPSA) is 244 Å². The van der Waals surface area contributed by atoms with Crippen molar-refractivity contribution in [1.29, 1.82) is 0 Å². The second kappa shape index (κ2) is 20.7. The number of anilines is 2. The monoisotopic (exact) mass is 937 g/mol. The molecule has 19 nitrogen and oxygen atoms in total. The molecule has 1 saturated heterocycles. The summed E-state index contributed by atoms with van der Waals surface area (Å²) in [7, 11) is 0. The normalized spacial score (nSPS) is 13.3. The summed E-state index contributed by atoms with van der Waals surface area (Å²) in [5.74, 6) is -1.05. The number of aryl methyl sites for hydroxylation is 4. The van der Waals surface area contributed by atoms with Crippen LogP contribution in [0.1, 0.15) is 90.9 Å². The van der Waals surface area contributed by atoms with Gasteiger partial charge in [-0.2, -0.15) is 5.10 Å². The van der Waals surface area contributed by atoms with E-state index in [4.69, 9.17) is 26.2 Å². The Hall–Kier alpha value is -6.58. The number of thioether (sulfide) groups is 1. The van der Waals surface area contributed by atoms with E-state index in [1.165, 1.54) is 23.1 Å². The first-order chi connectivity index (χ1) is 31.7. The summed E-state index contributed by atoms with van der Waals surface area (Å²) in [4.78, 5) is 84.3. The molecule has 4 aromatic heterocycles. The highest BCUT2D eigenvalue weighted by atomic mass is 32.2. The number of ether oxygens (including phenoxy) is 1. The maximum atomic E-state index is 13.9. The lowest BCUT2D eigenvalue weighted by atomic mass is 10.1.